The van der Waals surface area contributed by atoms with Gasteiger partial charge in [0.2, 0.25) is 5.78 Å². The number of hydrogen-bond acceptors (Lipinski definition) is 6. The lowest BCUT2D eigenvalue weighted by atomic mass is 9.95. The van der Waals surface area contributed by atoms with Crippen LogP contribution in [0.2, 0.25) is 0 Å². The molecule has 0 atom stereocenters. The van der Waals surface area contributed by atoms with Crippen LogP contribution < -0.4 is 0 Å². The zero-order valence-corrected chi connectivity index (χ0v) is 18.7. The Morgan fingerprint density at radius 3 is 2.06 bits per heavy atom. The molecule has 4 aromatic rings. The average molecular weight is 437 g/mol. The first-order chi connectivity index (χ1) is 16.0. The Labute approximate surface area is 192 Å². The lowest BCUT2D eigenvalue weighted by Crippen LogP contribution is -2.12. The quantitative estimate of drug-likeness (QED) is 0.298. The van der Waals surface area contributed by atoms with Gasteiger partial charge in [0.15, 0.2) is 11.6 Å². The van der Waals surface area contributed by atoms with Crippen molar-refractivity contribution in [2.45, 2.75) is 33.1 Å². The van der Waals surface area contributed by atoms with Crippen LogP contribution >= 0.6 is 0 Å². The van der Waals surface area contributed by atoms with Gasteiger partial charge in [0.1, 0.15) is 0 Å². The molecule has 2 aromatic heterocycles. The summed E-state index contributed by atoms with van der Waals surface area (Å²) < 4.78 is 0. The van der Waals surface area contributed by atoms with Crippen molar-refractivity contribution in [2.24, 2.45) is 0 Å². The van der Waals surface area contributed by atoms with Crippen molar-refractivity contribution < 1.29 is 9.59 Å². The second kappa shape index (κ2) is 10.0. The number of ketones is 2. The van der Waals surface area contributed by atoms with E-state index < -0.39 is 0 Å². The molecule has 33 heavy (non-hydrogen) atoms. The van der Waals surface area contributed by atoms with E-state index in [2.05, 4.69) is 38.1 Å². The standard InChI is InChI=1S/C27H24N4O2/c1-18-14-30-27(31-15-18)26(33)13-25(32)23-10-21(8-20-6-4-3-5-7-20)9-22(11-23)12-24-17-28-19(2)16-29-24/h3-7,9-11,14-17H,8,12-13H2,1-2H3. The van der Waals surface area contributed by atoms with Gasteiger partial charge in [-0.2, -0.15) is 0 Å². The molecule has 164 valence electrons. The zero-order chi connectivity index (χ0) is 23.2. The van der Waals surface area contributed by atoms with E-state index in [0.717, 1.165) is 33.6 Å². The molecule has 0 unspecified atom stereocenters. The minimum atomic E-state index is -0.389. The Hall–Kier alpha value is -4.06. The summed E-state index contributed by atoms with van der Waals surface area (Å²) in [5.74, 6) is -0.584. The summed E-state index contributed by atoms with van der Waals surface area (Å²) in [5, 5.41) is 0. The molecule has 0 radical (unpaired) electrons. The van der Waals surface area contributed by atoms with Crippen molar-refractivity contribution in [3.63, 3.8) is 0 Å². The van der Waals surface area contributed by atoms with Crippen LogP contribution in [0.1, 0.15) is 61.0 Å². The number of rotatable bonds is 8. The van der Waals surface area contributed by atoms with Crippen molar-refractivity contribution >= 4 is 11.6 Å². The van der Waals surface area contributed by atoms with E-state index in [0.29, 0.717) is 18.4 Å². The Morgan fingerprint density at radius 2 is 1.39 bits per heavy atom. The van der Waals surface area contributed by atoms with Crippen molar-refractivity contribution in [1.29, 1.82) is 0 Å². The third-order valence-corrected chi connectivity index (χ3v) is 5.20. The lowest BCUT2D eigenvalue weighted by Gasteiger charge is -2.10. The zero-order valence-electron chi connectivity index (χ0n) is 18.7. The molecule has 0 spiro atoms. The summed E-state index contributed by atoms with van der Waals surface area (Å²) >= 11 is 0. The molecule has 0 amide bonds. The van der Waals surface area contributed by atoms with Gasteiger partial charge < -0.3 is 0 Å². The monoisotopic (exact) mass is 436 g/mol. The molecular formula is C27H24N4O2. The van der Waals surface area contributed by atoms with Gasteiger partial charge in [-0.25, -0.2) is 9.97 Å². The molecule has 0 saturated heterocycles. The van der Waals surface area contributed by atoms with E-state index in [1.54, 1.807) is 24.8 Å². The Balaban J connectivity index is 1.61. The molecule has 0 aliphatic heterocycles. The van der Waals surface area contributed by atoms with Crippen LogP contribution in [0.15, 0.2) is 73.3 Å². The van der Waals surface area contributed by atoms with Crippen LogP contribution in [0.25, 0.3) is 0 Å². The van der Waals surface area contributed by atoms with E-state index in [9.17, 15) is 9.59 Å². The van der Waals surface area contributed by atoms with Crippen molar-refractivity contribution in [1.82, 2.24) is 19.9 Å². The number of aryl methyl sites for hydroxylation is 2. The number of aromatic nitrogens is 4. The number of carbonyl (C=O) groups excluding carboxylic acids is 2. The van der Waals surface area contributed by atoms with E-state index in [1.807, 2.05) is 44.2 Å². The molecule has 6 heteroatoms. The lowest BCUT2D eigenvalue weighted by molar-refractivity contribution is 0.0888. The van der Waals surface area contributed by atoms with Crippen molar-refractivity contribution in [3.8, 4) is 0 Å². The van der Waals surface area contributed by atoms with Crippen LogP contribution in [-0.4, -0.2) is 31.5 Å². The van der Waals surface area contributed by atoms with E-state index in [4.69, 9.17) is 0 Å². The highest BCUT2D eigenvalue weighted by Gasteiger charge is 2.17. The van der Waals surface area contributed by atoms with E-state index in [-0.39, 0.29) is 23.8 Å². The Morgan fingerprint density at radius 1 is 0.697 bits per heavy atom. The predicted octanol–water partition coefficient (Wildman–Crippen LogP) is 4.52. The third-order valence-electron chi connectivity index (χ3n) is 5.20. The van der Waals surface area contributed by atoms with Gasteiger partial charge in [-0.3, -0.25) is 19.6 Å². The first kappa shape index (κ1) is 22.1. The highest BCUT2D eigenvalue weighted by Crippen LogP contribution is 2.19. The molecule has 6 nitrogen and oxygen atoms in total. The maximum Gasteiger partial charge on any atom is 0.207 e. The van der Waals surface area contributed by atoms with Gasteiger partial charge >= 0.3 is 0 Å². The highest BCUT2D eigenvalue weighted by atomic mass is 16.1. The van der Waals surface area contributed by atoms with Crippen LogP contribution in [-0.2, 0) is 12.8 Å². The Bertz CT molecular complexity index is 1270. The van der Waals surface area contributed by atoms with Gasteiger partial charge in [0, 0.05) is 36.8 Å². The first-order valence-corrected chi connectivity index (χ1v) is 10.8. The molecule has 0 N–H and O–H groups in total. The van der Waals surface area contributed by atoms with Gasteiger partial charge in [0.25, 0.3) is 0 Å². The molecule has 0 aliphatic rings. The fraction of sp³-hybridized carbons (Fsp3) is 0.185. The van der Waals surface area contributed by atoms with Gasteiger partial charge in [0.05, 0.1) is 17.8 Å². The number of Topliss-reactive ketones (excluding diaryl/α,β-unsaturated/α-hetero) is 2. The van der Waals surface area contributed by atoms with E-state index >= 15 is 0 Å². The molecule has 0 saturated carbocycles. The highest BCUT2D eigenvalue weighted by molar-refractivity contribution is 6.12. The largest absolute Gasteiger partial charge is 0.294 e. The van der Waals surface area contributed by atoms with Crippen LogP contribution in [0.3, 0.4) is 0 Å². The predicted molar refractivity (Wildman–Crippen MR) is 125 cm³/mol. The number of benzene rings is 2. The molecular weight excluding hydrogens is 412 g/mol. The Kier molecular flexibility index (Phi) is 6.74. The maximum absolute atomic E-state index is 13.0. The fourth-order valence-electron chi connectivity index (χ4n) is 3.54. The van der Waals surface area contributed by atoms with Crippen LogP contribution in [0, 0.1) is 13.8 Å². The summed E-state index contributed by atoms with van der Waals surface area (Å²) in [7, 11) is 0. The summed E-state index contributed by atoms with van der Waals surface area (Å²) in [6, 6.07) is 15.8. The molecule has 2 aromatic carbocycles. The number of nitrogens with zero attached hydrogens (tertiary/aromatic N) is 4. The average Bonchev–Trinajstić information content (AvgIpc) is 2.81. The smallest absolute Gasteiger partial charge is 0.207 e. The molecule has 2 heterocycles. The van der Waals surface area contributed by atoms with Crippen LogP contribution in [0.4, 0.5) is 0 Å². The second-order valence-electron chi connectivity index (χ2n) is 8.13. The second-order valence-corrected chi connectivity index (χ2v) is 8.13. The summed E-state index contributed by atoms with van der Waals surface area (Å²) in [4.78, 5) is 42.5. The number of hydrogen-bond donors (Lipinski definition) is 0. The fourth-order valence-corrected chi connectivity index (χ4v) is 3.54. The third kappa shape index (κ3) is 6.01. The normalized spacial score (nSPS) is 10.7. The maximum atomic E-state index is 13.0. The van der Waals surface area contributed by atoms with Crippen molar-refractivity contribution in [3.05, 3.63) is 118 Å². The van der Waals surface area contributed by atoms with Gasteiger partial charge in [-0.1, -0.05) is 36.4 Å². The minimum absolute atomic E-state index is 0.0598. The molecule has 4 rings (SSSR count). The topological polar surface area (TPSA) is 85.7 Å². The number of carbonyl (C=O) groups is 2. The van der Waals surface area contributed by atoms with Crippen LogP contribution in [0.5, 0.6) is 0 Å². The molecule has 0 bridgehead atoms. The summed E-state index contributed by atoms with van der Waals surface area (Å²) in [6.07, 6.45) is 7.59. The molecule has 0 aliphatic carbocycles. The summed E-state index contributed by atoms with van der Waals surface area (Å²) in [6.45, 7) is 3.74. The minimum Gasteiger partial charge on any atom is -0.294 e. The van der Waals surface area contributed by atoms with E-state index in [1.165, 1.54) is 0 Å². The molecule has 0 fully saturated rings. The first-order valence-electron chi connectivity index (χ1n) is 10.8. The van der Waals surface area contributed by atoms with Crippen molar-refractivity contribution in [2.75, 3.05) is 0 Å². The SMILES string of the molecule is Cc1cnc(C(=O)CC(=O)c2cc(Cc3ccccc3)cc(Cc3cnc(C)cn3)c2)nc1. The van der Waals surface area contributed by atoms with Gasteiger partial charge in [-0.15, -0.1) is 0 Å². The summed E-state index contributed by atoms with van der Waals surface area (Å²) in [5.41, 5.74) is 6.12. The van der Waals surface area contributed by atoms with Gasteiger partial charge in [-0.05, 0) is 54.7 Å².